The lowest BCUT2D eigenvalue weighted by molar-refractivity contribution is 0.102. The molecule has 0 spiro atoms. The summed E-state index contributed by atoms with van der Waals surface area (Å²) in [5.74, 6) is 1.35. The van der Waals surface area contributed by atoms with Gasteiger partial charge in [0.25, 0.3) is 11.8 Å². The van der Waals surface area contributed by atoms with E-state index in [0.717, 1.165) is 44.5 Å². The lowest BCUT2D eigenvalue weighted by atomic mass is 9.97. The van der Waals surface area contributed by atoms with Crippen molar-refractivity contribution in [2.45, 2.75) is 13.8 Å². The molecule has 2 amide bonds. The highest BCUT2D eigenvalue weighted by Gasteiger charge is 2.22. The van der Waals surface area contributed by atoms with Crippen LogP contribution >= 0.6 is 0 Å². The molecule has 7 rings (SSSR count). The molecule has 0 aliphatic rings. The summed E-state index contributed by atoms with van der Waals surface area (Å²) in [7, 11) is 3.24. The van der Waals surface area contributed by atoms with Crippen LogP contribution in [-0.2, 0) is 0 Å². The Kier molecular flexibility index (Phi) is 8.62. The topological polar surface area (TPSA) is 115 Å². The lowest BCUT2D eigenvalue weighted by Gasteiger charge is -2.16. The van der Waals surface area contributed by atoms with Crippen LogP contribution < -0.4 is 20.1 Å². The summed E-state index contributed by atoms with van der Waals surface area (Å²) in [6.07, 6.45) is 0. The van der Waals surface area contributed by atoms with Gasteiger partial charge in [0.2, 0.25) is 0 Å². The maximum Gasteiger partial charge on any atom is 0.257 e. The van der Waals surface area contributed by atoms with Crippen LogP contribution in [0.3, 0.4) is 0 Å². The number of nitrogens with one attached hydrogen (secondary N) is 2. The SMILES string of the molecule is COc1ccc(-c2nc3ccccc3c(C(=O)Nc3cccc(NC(=O)c4c(C)c(-c5ccc(OC)cc5)nc5ccccc45)n3)c2C)cc1. The van der Waals surface area contributed by atoms with Crippen molar-refractivity contribution in [2.24, 2.45) is 0 Å². The van der Waals surface area contributed by atoms with Gasteiger partial charge in [-0.3, -0.25) is 9.59 Å². The molecule has 50 heavy (non-hydrogen) atoms. The van der Waals surface area contributed by atoms with Crippen LogP contribution in [0.2, 0.25) is 0 Å². The minimum absolute atomic E-state index is 0.286. The van der Waals surface area contributed by atoms with Crippen molar-refractivity contribution < 1.29 is 19.1 Å². The number of benzene rings is 4. The van der Waals surface area contributed by atoms with E-state index in [9.17, 15) is 9.59 Å². The molecule has 0 aliphatic carbocycles. The molecule has 0 fully saturated rings. The second-order valence-electron chi connectivity index (χ2n) is 11.7. The first-order valence-corrected chi connectivity index (χ1v) is 16.0. The first kappa shape index (κ1) is 32.0. The van der Waals surface area contributed by atoms with Crippen molar-refractivity contribution in [3.8, 4) is 34.0 Å². The molecule has 0 aliphatic heterocycles. The van der Waals surface area contributed by atoms with Gasteiger partial charge in [0.1, 0.15) is 23.1 Å². The minimum Gasteiger partial charge on any atom is -0.497 e. The highest BCUT2D eigenvalue weighted by atomic mass is 16.5. The molecule has 0 atom stereocenters. The van der Waals surface area contributed by atoms with Crippen molar-refractivity contribution in [1.29, 1.82) is 0 Å². The normalized spacial score (nSPS) is 11.0. The van der Waals surface area contributed by atoms with Crippen LogP contribution in [0.25, 0.3) is 44.3 Å². The smallest absolute Gasteiger partial charge is 0.257 e. The summed E-state index contributed by atoms with van der Waals surface area (Å²) in [4.78, 5) is 42.4. The summed E-state index contributed by atoms with van der Waals surface area (Å²) >= 11 is 0. The van der Waals surface area contributed by atoms with Crippen LogP contribution in [0.15, 0.2) is 115 Å². The Labute approximate surface area is 289 Å². The molecule has 0 saturated carbocycles. The van der Waals surface area contributed by atoms with E-state index in [2.05, 4.69) is 15.6 Å². The predicted molar refractivity (Wildman–Crippen MR) is 197 cm³/mol. The Balaban J connectivity index is 1.20. The Morgan fingerprint density at radius 3 is 1.30 bits per heavy atom. The molecular formula is C41H33N5O4. The maximum absolute atomic E-state index is 14.0. The van der Waals surface area contributed by atoms with Crippen LogP contribution in [0.4, 0.5) is 11.6 Å². The van der Waals surface area contributed by atoms with Crippen molar-refractivity contribution in [3.05, 3.63) is 138 Å². The van der Waals surface area contributed by atoms with Gasteiger partial charge in [0, 0.05) is 21.9 Å². The summed E-state index contributed by atoms with van der Waals surface area (Å²) < 4.78 is 10.6. The number of amides is 2. The van der Waals surface area contributed by atoms with Gasteiger partial charge in [-0.25, -0.2) is 15.0 Å². The number of aromatic nitrogens is 3. The van der Waals surface area contributed by atoms with Crippen molar-refractivity contribution >= 4 is 45.3 Å². The summed E-state index contributed by atoms with van der Waals surface area (Å²) in [6.45, 7) is 3.78. The molecule has 4 aromatic carbocycles. The van der Waals surface area contributed by atoms with E-state index in [1.807, 2.05) is 111 Å². The zero-order valence-electron chi connectivity index (χ0n) is 27.9. The molecule has 3 aromatic heterocycles. The van der Waals surface area contributed by atoms with E-state index < -0.39 is 0 Å². The van der Waals surface area contributed by atoms with E-state index in [0.29, 0.717) is 33.5 Å². The molecule has 3 heterocycles. The third kappa shape index (κ3) is 6.08. The van der Waals surface area contributed by atoms with Gasteiger partial charge in [-0.05, 0) is 97.8 Å². The number of pyridine rings is 3. The largest absolute Gasteiger partial charge is 0.497 e. The summed E-state index contributed by atoms with van der Waals surface area (Å²) in [6, 6.07) is 35.4. The van der Waals surface area contributed by atoms with Gasteiger partial charge in [-0.15, -0.1) is 0 Å². The molecule has 7 aromatic rings. The van der Waals surface area contributed by atoms with Crippen molar-refractivity contribution in [3.63, 3.8) is 0 Å². The number of fused-ring (bicyclic) bond motifs is 2. The van der Waals surface area contributed by atoms with Crippen LogP contribution in [-0.4, -0.2) is 41.0 Å². The molecule has 246 valence electrons. The Morgan fingerprint density at radius 2 is 0.900 bits per heavy atom. The Bertz CT molecular complexity index is 2240. The van der Waals surface area contributed by atoms with Crippen molar-refractivity contribution in [1.82, 2.24) is 15.0 Å². The van der Waals surface area contributed by atoms with E-state index in [-0.39, 0.29) is 23.5 Å². The highest BCUT2D eigenvalue weighted by molar-refractivity contribution is 6.15. The quantitative estimate of drug-likeness (QED) is 0.168. The third-order valence-corrected chi connectivity index (χ3v) is 8.69. The standard InChI is InChI=1S/C41H33N5O4/c1-24-36(30-10-5-7-12-32(30)42-38(24)26-16-20-28(49-3)21-17-26)40(47)45-34-14-9-15-35(44-34)46-41(48)37-25(2)39(27-18-22-29(50-4)23-19-27)43-33-13-8-6-11-31(33)37/h5-23H,1-4H3,(H2,44,45,46,47,48). The summed E-state index contributed by atoms with van der Waals surface area (Å²) in [5, 5.41) is 7.35. The number of hydrogen-bond donors (Lipinski definition) is 2. The molecule has 9 heteroatoms. The van der Waals surface area contributed by atoms with E-state index >= 15 is 0 Å². The van der Waals surface area contributed by atoms with Gasteiger partial charge in [0.15, 0.2) is 0 Å². The Hall–Kier alpha value is -6.61. The molecule has 0 radical (unpaired) electrons. The summed E-state index contributed by atoms with van der Waals surface area (Å²) in [5.41, 5.74) is 6.92. The number of carbonyl (C=O) groups excluding carboxylic acids is 2. The monoisotopic (exact) mass is 659 g/mol. The van der Waals surface area contributed by atoms with Gasteiger partial charge in [-0.1, -0.05) is 42.5 Å². The lowest BCUT2D eigenvalue weighted by Crippen LogP contribution is -2.18. The zero-order chi connectivity index (χ0) is 34.8. The van der Waals surface area contributed by atoms with Gasteiger partial charge >= 0.3 is 0 Å². The first-order chi connectivity index (χ1) is 24.3. The fourth-order valence-electron chi connectivity index (χ4n) is 6.19. The third-order valence-electron chi connectivity index (χ3n) is 8.69. The van der Waals surface area contributed by atoms with Crippen LogP contribution in [0.1, 0.15) is 31.8 Å². The number of anilines is 2. The number of ether oxygens (including phenoxy) is 2. The van der Waals surface area contributed by atoms with E-state index in [1.165, 1.54) is 0 Å². The molecule has 0 bridgehead atoms. The van der Waals surface area contributed by atoms with Crippen LogP contribution in [0, 0.1) is 13.8 Å². The number of carbonyl (C=O) groups is 2. The van der Waals surface area contributed by atoms with E-state index in [1.54, 1.807) is 32.4 Å². The molecule has 0 unspecified atom stereocenters. The van der Waals surface area contributed by atoms with Gasteiger partial charge in [0.05, 0.1) is 47.8 Å². The average molecular weight is 660 g/mol. The zero-order valence-corrected chi connectivity index (χ0v) is 27.9. The number of hydrogen-bond acceptors (Lipinski definition) is 7. The number of nitrogens with zero attached hydrogens (tertiary/aromatic N) is 3. The van der Waals surface area contributed by atoms with Gasteiger partial charge < -0.3 is 20.1 Å². The predicted octanol–water partition coefficient (Wildman–Crippen LogP) is 8.65. The minimum atomic E-state index is -0.341. The molecule has 9 nitrogen and oxygen atoms in total. The Morgan fingerprint density at radius 1 is 0.500 bits per heavy atom. The van der Waals surface area contributed by atoms with Crippen LogP contribution in [0.5, 0.6) is 11.5 Å². The molecular weight excluding hydrogens is 626 g/mol. The average Bonchev–Trinajstić information content (AvgIpc) is 3.14. The second-order valence-corrected chi connectivity index (χ2v) is 11.7. The fraction of sp³-hybridized carbons (Fsp3) is 0.0976. The van der Waals surface area contributed by atoms with Gasteiger partial charge in [-0.2, -0.15) is 0 Å². The molecule has 2 N–H and O–H groups in total. The fourth-order valence-corrected chi connectivity index (χ4v) is 6.19. The highest BCUT2D eigenvalue weighted by Crippen LogP contribution is 2.33. The number of para-hydroxylation sites is 2. The van der Waals surface area contributed by atoms with E-state index in [4.69, 9.17) is 19.4 Å². The van der Waals surface area contributed by atoms with Crippen molar-refractivity contribution in [2.75, 3.05) is 24.9 Å². The second kappa shape index (κ2) is 13.5. The number of methoxy groups -OCH3 is 2. The number of rotatable bonds is 8. The first-order valence-electron chi connectivity index (χ1n) is 16.0. The maximum atomic E-state index is 14.0. The molecule has 0 saturated heterocycles.